The van der Waals surface area contributed by atoms with Gasteiger partial charge in [-0.2, -0.15) is 0 Å². The molecule has 5 heteroatoms. The number of amides is 2. The lowest BCUT2D eigenvalue weighted by molar-refractivity contribution is -0.123. The molecule has 0 spiro atoms. The quantitative estimate of drug-likeness (QED) is 0.798. The van der Waals surface area contributed by atoms with Gasteiger partial charge in [0.1, 0.15) is 5.75 Å². The van der Waals surface area contributed by atoms with Gasteiger partial charge in [0.15, 0.2) is 6.61 Å². The van der Waals surface area contributed by atoms with Crippen LogP contribution in [0, 0.1) is 19.8 Å². The second-order valence-corrected chi connectivity index (χ2v) is 6.68. The van der Waals surface area contributed by atoms with Crippen molar-refractivity contribution in [3.05, 3.63) is 59.2 Å². The molecule has 0 aliphatic carbocycles. The van der Waals surface area contributed by atoms with Gasteiger partial charge in [-0.1, -0.05) is 38.1 Å². The van der Waals surface area contributed by atoms with E-state index in [1.54, 1.807) is 0 Å². The SMILES string of the molecule is Cc1ccc(C)c(OCC(=O)NCc2cccc(NC(=O)C(C)C)c2)c1. The number of benzene rings is 2. The fourth-order valence-corrected chi connectivity index (χ4v) is 2.30. The monoisotopic (exact) mass is 354 g/mol. The molecule has 2 aromatic carbocycles. The standard InChI is InChI=1S/C21H26N2O3/c1-14(2)21(25)23-18-7-5-6-17(11-18)12-22-20(24)13-26-19-10-15(3)8-9-16(19)4/h5-11,14H,12-13H2,1-4H3,(H,22,24)(H,23,25). The zero-order valence-electron chi connectivity index (χ0n) is 15.8. The lowest BCUT2D eigenvalue weighted by atomic mass is 10.1. The van der Waals surface area contributed by atoms with Crippen LogP contribution in [0.4, 0.5) is 5.69 Å². The zero-order chi connectivity index (χ0) is 19.1. The maximum absolute atomic E-state index is 12.0. The molecule has 0 atom stereocenters. The maximum Gasteiger partial charge on any atom is 0.258 e. The van der Waals surface area contributed by atoms with E-state index in [1.807, 2.05) is 70.2 Å². The Morgan fingerprint density at radius 1 is 1.08 bits per heavy atom. The average molecular weight is 354 g/mol. The van der Waals surface area contributed by atoms with Gasteiger partial charge in [0.25, 0.3) is 5.91 Å². The summed E-state index contributed by atoms with van der Waals surface area (Å²) in [6, 6.07) is 13.3. The molecule has 0 aliphatic heterocycles. The van der Waals surface area contributed by atoms with Crippen molar-refractivity contribution in [3.63, 3.8) is 0 Å². The number of anilines is 1. The molecule has 5 nitrogen and oxygen atoms in total. The van der Waals surface area contributed by atoms with E-state index in [4.69, 9.17) is 4.74 Å². The molecule has 0 bridgehead atoms. The van der Waals surface area contributed by atoms with E-state index in [2.05, 4.69) is 10.6 Å². The largest absolute Gasteiger partial charge is 0.483 e. The van der Waals surface area contributed by atoms with Crippen molar-refractivity contribution in [1.82, 2.24) is 5.32 Å². The molecule has 2 N–H and O–H groups in total. The Hall–Kier alpha value is -2.82. The fourth-order valence-electron chi connectivity index (χ4n) is 2.30. The Labute approximate surface area is 154 Å². The van der Waals surface area contributed by atoms with Crippen LogP contribution < -0.4 is 15.4 Å². The van der Waals surface area contributed by atoms with Crippen LogP contribution in [-0.4, -0.2) is 18.4 Å². The highest BCUT2D eigenvalue weighted by Gasteiger charge is 2.08. The van der Waals surface area contributed by atoms with Crippen LogP contribution in [0.1, 0.15) is 30.5 Å². The third-order valence-corrected chi connectivity index (χ3v) is 3.91. The molecule has 0 unspecified atom stereocenters. The molecule has 0 heterocycles. The number of carbonyl (C=O) groups excluding carboxylic acids is 2. The summed E-state index contributed by atoms with van der Waals surface area (Å²) in [5.74, 6) is 0.412. The van der Waals surface area contributed by atoms with E-state index in [9.17, 15) is 9.59 Å². The number of nitrogens with one attached hydrogen (secondary N) is 2. The van der Waals surface area contributed by atoms with E-state index >= 15 is 0 Å². The summed E-state index contributed by atoms with van der Waals surface area (Å²) in [7, 11) is 0. The van der Waals surface area contributed by atoms with Gasteiger partial charge in [-0.05, 0) is 48.7 Å². The first-order valence-electron chi connectivity index (χ1n) is 8.71. The van der Waals surface area contributed by atoms with Crippen LogP contribution in [0.5, 0.6) is 5.75 Å². The predicted octanol–water partition coefficient (Wildman–Crippen LogP) is 3.59. The zero-order valence-corrected chi connectivity index (χ0v) is 15.8. The molecule has 0 aromatic heterocycles. The first kappa shape index (κ1) is 19.5. The van der Waals surface area contributed by atoms with Gasteiger partial charge in [0.05, 0.1) is 0 Å². The summed E-state index contributed by atoms with van der Waals surface area (Å²) in [4.78, 5) is 23.8. The lowest BCUT2D eigenvalue weighted by Gasteiger charge is -2.11. The summed E-state index contributed by atoms with van der Waals surface area (Å²) in [5, 5.41) is 5.68. The normalized spacial score (nSPS) is 10.5. The van der Waals surface area contributed by atoms with Crippen molar-refractivity contribution in [2.75, 3.05) is 11.9 Å². The number of carbonyl (C=O) groups is 2. The van der Waals surface area contributed by atoms with Gasteiger partial charge in [0, 0.05) is 18.2 Å². The maximum atomic E-state index is 12.0. The number of hydrogen-bond donors (Lipinski definition) is 2. The first-order chi connectivity index (χ1) is 12.3. The van der Waals surface area contributed by atoms with E-state index in [0.29, 0.717) is 6.54 Å². The minimum Gasteiger partial charge on any atom is -0.483 e. The van der Waals surface area contributed by atoms with E-state index < -0.39 is 0 Å². The molecule has 138 valence electrons. The van der Waals surface area contributed by atoms with Crippen LogP contribution in [-0.2, 0) is 16.1 Å². The number of ether oxygens (including phenoxy) is 1. The molecule has 26 heavy (non-hydrogen) atoms. The highest BCUT2D eigenvalue weighted by Crippen LogP contribution is 2.18. The molecular formula is C21H26N2O3. The summed E-state index contributed by atoms with van der Waals surface area (Å²) in [6.07, 6.45) is 0. The van der Waals surface area contributed by atoms with Crippen molar-refractivity contribution >= 4 is 17.5 Å². The molecule has 0 saturated carbocycles. The van der Waals surface area contributed by atoms with Crippen LogP contribution >= 0.6 is 0 Å². The van der Waals surface area contributed by atoms with Crippen LogP contribution in [0.2, 0.25) is 0 Å². The number of rotatable bonds is 7. The smallest absolute Gasteiger partial charge is 0.258 e. The van der Waals surface area contributed by atoms with Gasteiger partial charge in [0.2, 0.25) is 5.91 Å². The van der Waals surface area contributed by atoms with Gasteiger partial charge in [-0.15, -0.1) is 0 Å². The molecule has 0 aliphatic rings. The lowest BCUT2D eigenvalue weighted by Crippen LogP contribution is -2.28. The second-order valence-electron chi connectivity index (χ2n) is 6.68. The molecule has 2 aromatic rings. The summed E-state index contributed by atoms with van der Waals surface area (Å²) in [5.41, 5.74) is 3.72. The molecule has 0 saturated heterocycles. The van der Waals surface area contributed by atoms with E-state index in [1.165, 1.54) is 0 Å². The first-order valence-corrected chi connectivity index (χ1v) is 8.71. The Morgan fingerprint density at radius 3 is 2.58 bits per heavy atom. The highest BCUT2D eigenvalue weighted by atomic mass is 16.5. The average Bonchev–Trinajstić information content (AvgIpc) is 2.61. The Morgan fingerprint density at radius 2 is 1.85 bits per heavy atom. The molecule has 0 fully saturated rings. The van der Waals surface area contributed by atoms with Crippen molar-refractivity contribution in [2.24, 2.45) is 5.92 Å². The van der Waals surface area contributed by atoms with Crippen LogP contribution in [0.25, 0.3) is 0 Å². The Balaban J connectivity index is 1.85. The minimum atomic E-state index is -0.192. The molecular weight excluding hydrogens is 328 g/mol. The Bertz CT molecular complexity index is 785. The summed E-state index contributed by atoms with van der Waals surface area (Å²) < 4.78 is 5.60. The summed E-state index contributed by atoms with van der Waals surface area (Å²) >= 11 is 0. The molecule has 2 amide bonds. The van der Waals surface area contributed by atoms with E-state index in [-0.39, 0.29) is 24.3 Å². The van der Waals surface area contributed by atoms with Crippen molar-refractivity contribution in [3.8, 4) is 5.75 Å². The minimum absolute atomic E-state index is 0.0337. The summed E-state index contributed by atoms with van der Waals surface area (Å²) in [6.45, 7) is 7.96. The van der Waals surface area contributed by atoms with Crippen LogP contribution in [0.3, 0.4) is 0 Å². The van der Waals surface area contributed by atoms with Gasteiger partial charge < -0.3 is 15.4 Å². The fraction of sp³-hybridized carbons (Fsp3) is 0.333. The number of aryl methyl sites for hydroxylation is 2. The van der Waals surface area contributed by atoms with Crippen molar-refractivity contribution in [2.45, 2.75) is 34.2 Å². The topological polar surface area (TPSA) is 67.4 Å². The number of hydrogen-bond acceptors (Lipinski definition) is 3. The van der Waals surface area contributed by atoms with Crippen molar-refractivity contribution in [1.29, 1.82) is 0 Å². The van der Waals surface area contributed by atoms with E-state index in [0.717, 1.165) is 28.1 Å². The Kier molecular flexibility index (Phi) is 6.78. The third-order valence-electron chi connectivity index (χ3n) is 3.91. The second kappa shape index (κ2) is 9.04. The predicted molar refractivity (Wildman–Crippen MR) is 103 cm³/mol. The van der Waals surface area contributed by atoms with Gasteiger partial charge in [-0.3, -0.25) is 9.59 Å². The van der Waals surface area contributed by atoms with Crippen LogP contribution in [0.15, 0.2) is 42.5 Å². The molecule has 0 radical (unpaired) electrons. The van der Waals surface area contributed by atoms with Crippen molar-refractivity contribution < 1.29 is 14.3 Å². The van der Waals surface area contributed by atoms with Gasteiger partial charge >= 0.3 is 0 Å². The highest BCUT2D eigenvalue weighted by molar-refractivity contribution is 5.92. The molecule has 2 rings (SSSR count). The van der Waals surface area contributed by atoms with Gasteiger partial charge in [-0.25, -0.2) is 0 Å². The third kappa shape index (κ3) is 5.92.